The fraction of sp³-hybridized carbons (Fsp3) is 0.273. The Kier molecular flexibility index (Phi) is 4.90. The van der Waals surface area contributed by atoms with Crippen molar-refractivity contribution >= 4 is 22.6 Å². The van der Waals surface area contributed by atoms with Crippen molar-refractivity contribution in [1.82, 2.24) is 0 Å². The van der Waals surface area contributed by atoms with E-state index in [2.05, 4.69) is 29.2 Å². The predicted octanol–water partition coefficient (Wildman–Crippen LogP) is 3.64. The number of unbranched alkanes of at least 4 members (excludes halogenated alkanes) is 1. The Morgan fingerprint density at radius 2 is 2.00 bits per heavy atom. The Morgan fingerprint density at radius 3 is 2.62 bits per heavy atom. The summed E-state index contributed by atoms with van der Waals surface area (Å²) in [5.41, 5.74) is 0. The highest BCUT2D eigenvalue weighted by Crippen LogP contribution is 2.13. The molecule has 1 nitrogen and oxygen atoms in total. The van der Waals surface area contributed by atoms with Crippen molar-refractivity contribution in [2.75, 3.05) is 6.61 Å². The van der Waals surface area contributed by atoms with E-state index in [1.165, 1.54) is 3.57 Å². The minimum Gasteiger partial charge on any atom is -0.494 e. The number of benzene rings is 1. The van der Waals surface area contributed by atoms with Gasteiger partial charge in [0.25, 0.3) is 0 Å². The zero-order valence-electron chi connectivity index (χ0n) is 7.50. The van der Waals surface area contributed by atoms with Crippen molar-refractivity contribution in [3.05, 3.63) is 40.5 Å². The maximum atomic E-state index is 5.51. The second-order valence-electron chi connectivity index (χ2n) is 2.73. The molecular formula is C11H13IO. The van der Waals surface area contributed by atoms with E-state index < -0.39 is 0 Å². The SMILES string of the molecule is C=CCCCOc1ccc(I)cc1. The first-order valence-electron chi connectivity index (χ1n) is 4.32. The molecule has 0 spiro atoms. The third-order valence-electron chi connectivity index (χ3n) is 1.63. The van der Waals surface area contributed by atoms with Crippen LogP contribution >= 0.6 is 22.6 Å². The first-order valence-corrected chi connectivity index (χ1v) is 5.40. The van der Waals surface area contributed by atoms with Crippen LogP contribution in [0.2, 0.25) is 0 Å². The summed E-state index contributed by atoms with van der Waals surface area (Å²) in [6, 6.07) is 8.08. The molecule has 2 heteroatoms. The van der Waals surface area contributed by atoms with Crippen molar-refractivity contribution < 1.29 is 4.74 Å². The van der Waals surface area contributed by atoms with Crippen LogP contribution in [-0.2, 0) is 0 Å². The van der Waals surface area contributed by atoms with Crippen molar-refractivity contribution in [3.8, 4) is 5.75 Å². The molecule has 0 atom stereocenters. The molecule has 1 rings (SSSR count). The molecule has 1 aromatic rings. The van der Waals surface area contributed by atoms with E-state index in [0.717, 1.165) is 25.2 Å². The highest BCUT2D eigenvalue weighted by molar-refractivity contribution is 14.1. The van der Waals surface area contributed by atoms with Gasteiger partial charge in [0, 0.05) is 3.57 Å². The van der Waals surface area contributed by atoms with Gasteiger partial charge in [-0.2, -0.15) is 0 Å². The lowest BCUT2D eigenvalue weighted by atomic mass is 10.3. The number of allylic oxidation sites excluding steroid dienone is 1. The topological polar surface area (TPSA) is 9.23 Å². The van der Waals surface area contributed by atoms with E-state index in [1.54, 1.807) is 0 Å². The van der Waals surface area contributed by atoms with Gasteiger partial charge >= 0.3 is 0 Å². The van der Waals surface area contributed by atoms with Crippen LogP contribution in [0.15, 0.2) is 36.9 Å². The average molecular weight is 288 g/mol. The van der Waals surface area contributed by atoms with E-state index in [9.17, 15) is 0 Å². The Hall–Kier alpha value is -0.510. The largest absolute Gasteiger partial charge is 0.494 e. The zero-order valence-corrected chi connectivity index (χ0v) is 9.66. The molecule has 0 fully saturated rings. The maximum absolute atomic E-state index is 5.51. The molecule has 0 N–H and O–H groups in total. The van der Waals surface area contributed by atoms with Gasteiger partial charge in [-0.25, -0.2) is 0 Å². The third-order valence-corrected chi connectivity index (χ3v) is 2.35. The van der Waals surface area contributed by atoms with E-state index in [0.29, 0.717) is 0 Å². The molecule has 0 aliphatic heterocycles. The number of hydrogen-bond acceptors (Lipinski definition) is 1. The van der Waals surface area contributed by atoms with Crippen LogP contribution in [0.3, 0.4) is 0 Å². The van der Waals surface area contributed by atoms with E-state index in [-0.39, 0.29) is 0 Å². The van der Waals surface area contributed by atoms with Crippen molar-refractivity contribution in [1.29, 1.82) is 0 Å². The summed E-state index contributed by atoms with van der Waals surface area (Å²) in [6.07, 6.45) is 3.97. The second-order valence-corrected chi connectivity index (χ2v) is 3.98. The average Bonchev–Trinajstić information content (AvgIpc) is 2.15. The van der Waals surface area contributed by atoms with Gasteiger partial charge in [-0.1, -0.05) is 6.08 Å². The maximum Gasteiger partial charge on any atom is 0.119 e. The van der Waals surface area contributed by atoms with Gasteiger partial charge in [-0.3, -0.25) is 0 Å². The Balaban J connectivity index is 2.28. The lowest BCUT2D eigenvalue weighted by Crippen LogP contribution is -1.96. The molecule has 0 radical (unpaired) electrons. The molecule has 0 saturated heterocycles. The van der Waals surface area contributed by atoms with Crippen molar-refractivity contribution in [2.24, 2.45) is 0 Å². The fourth-order valence-corrected chi connectivity index (χ4v) is 1.31. The van der Waals surface area contributed by atoms with Crippen LogP contribution in [0.5, 0.6) is 5.75 Å². The van der Waals surface area contributed by atoms with Gasteiger partial charge in [-0.15, -0.1) is 6.58 Å². The number of hydrogen-bond donors (Lipinski definition) is 0. The van der Waals surface area contributed by atoms with Gasteiger partial charge < -0.3 is 4.74 Å². The lowest BCUT2D eigenvalue weighted by molar-refractivity contribution is 0.312. The quantitative estimate of drug-likeness (QED) is 0.456. The van der Waals surface area contributed by atoms with Crippen molar-refractivity contribution in [2.45, 2.75) is 12.8 Å². The minimum atomic E-state index is 0.770. The fourth-order valence-electron chi connectivity index (χ4n) is 0.949. The van der Waals surface area contributed by atoms with E-state index >= 15 is 0 Å². The molecule has 0 aliphatic carbocycles. The molecule has 1 aromatic carbocycles. The number of rotatable bonds is 5. The van der Waals surface area contributed by atoms with Crippen LogP contribution in [0.25, 0.3) is 0 Å². The van der Waals surface area contributed by atoms with Gasteiger partial charge in [0.05, 0.1) is 6.61 Å². The zero-order chi connectivity index (χ0) is 9.52. The molecule has 0 heterocycles. The van der Waals surface area contributed by atoms with Crippen LogP contribution in [0.4, 0.5) is 0 Å². The van der Waals surface area contributed by atoms with Gasteiger partial charge in [-0.05, 0) is 59.7 Å². The van der Waals surface area contributed by atoms with Crippen molar-refractivity contribution in [3.63, 3.8) is 0 Å². The van der Waals surface area contributed by atoms with Crippen LogP contribution in [-0.4, -0.2) is 6.61 Å². The van der Waals surface area contributed by atoms with E-state index in [4.69, 9.17) is 4.74 Å². The molecule has 0 aromatic heterocycles. The number of ether oxygens (including phenoxy) is 1. The summed E-state index contributed by atoms with van der Waals surface area (Å²) in [5, 5.41) is 0. The summed E-state index contributed by atoms with van der Waals surface area (Å²) in [7, 11) is 0. The molecule has 0 bridgehead atoms. The number of halogens is 1. The lowest BCUT2D eigenvalue weighted by Gasteiger charge is -2.04. The van der Waals surface area contributed by atoms with Gasteiger partial charge in [0.15, 0.2) is 0 Å². The molecule has 0 amide bonds. The summed E-state index contributed by atoms with van der Waals surface area (Å²) in [5.74, 6) is 0.949. The summed E-state index contributed by atoms with van der Waals surface area (Å²) >= 11 is 2.28. The molecule has 13 heavy (non-hydrogen) atoms. The smallest absolute Gasteiger partial charge is 0.119 e. The Morgan fingerprint density at radius 1 is 1.31 bits per heavy atom. The summed E-state index contributed by atoms with van der Waals surface area (Å²) in [4.78, 5) is 0. The molecular weight excluding hydrogens is 275 g/mol. The minimum absolute atomic E-state index is 0.770. The molecule has 70 valence electrons. The monoisotopic (exact) mass is 288 g/mol. The first-order chi connectivity index (χ1) is 6.33. The highest BCUT2D eigenvalue weighted by atomic mass is 127. The van der Waals surface area contributed by atoms with Gasteiger partial charge in [0.2, 0.25) is 0 Å². The molecule has 0 aliphatic rings. The standard InChI is InChI=1S/C11H13IO/c1-2-3-4-9-13-11-7-5-10(12)6-8-11/h2,5-8H,1,3-4,9H2. The third kappa shape index (κ3) is 4.31. The van der Waals surface area contributed by atoms with Crippen LogP contribution in [0, 0.1) is 3.57 Å². The van der Waals surface area contributed by atoms with Crippen LogP contribution < -0.4 is 4.74 Å². The van der Waals surface area contributed by atoms with Gasteiger partial charge in [0.1, 0.15) is 5.75 Å². The summed E-state index contributed by atoms with van der Waals surface area (Å²) in [6.45, 7) is 4.43. The molecule has 0 unspecified atom stereocenters. The second kappa shape index (κ2) is 6.02. The summed E-state index contributed by atoms with van der Waals surface area (Å²) < 4.78 is 6.74. The predicted molar refractivity (Wildman–Crippen MR) is 64.1 cm³/mol. The van der Waals surface area contributed by atoms with Crippen LogP contribution in [0.1, 0.15) is 12.8 Å². The molecule has 0 saturated carbocycles. The highest BCUT2D eigenvalue weighted by Gasteiger charge is 1.92. The first kappa shape index (κ1) is 10.6. The normalized spacial score (nSPS) is 9.62. The Labute approximate surface area is 92.9 Å². The Bertz CT molecular complexity index is 253. The van der Waals surface area contributed by atoms with E-state index in [1.807, 2.05) is 30.3 Å².